The average Bonchev–Trinajstić information content (AvgIpc) is 3.22. The molecule has 28 heavy (non-hydrogen) atoms. The van der Waals surface area contributed by atoms with Crippen LogP contribution >= 0.6 is 0 Å². The van der Waals surface area contributed by atoms with Crippen LogP contribution in [0.1, 0.15) is 26.7 Å². The molecule has 0 atom stereocenters. The first-order valence-electron chi connectivity index (χ1n) is 8.29. The number of hydrogen-bond acceptors (Lipinski definition) is 7. The van der Waals surface area contributed by atoms with Gasteiger partial charge in [-0.05, 0) is 19.1 Å². The highest BCUT2D eigenvalue weighted by atomic mass is 16.5. The van der Waals surface area contributed by atoms with E-state index in [-0.39, 0.29) is 33.7 Å². The lowest BCUT2D eigenvalue weighted by Gasteiger charge is -2.05. The number of nitrogens with zero attached hydrogens (tertiary/aromatic N) is 2. The lowest BCUT2D eigenvalue weighted by Crippen LogP contribution is -2.16. The summed E-state index contributed by atoms with van der Waals surface area (Å²) in [5.41, 5.74) is 0.769. The van der Waals surface area contributed by atoms with Crippen LogP contribution in [0.5, 0.6) is 0 Å². The summed E-state index contributed by atoms with van der Waals surface area (Å²) >= 11 is 0. The molecule has 0 fully saturated rings. The van der Waals surface area contributed by atoms with Crippen LogP contribution in [0.15, 0.2) is 44.0 Å². The van der Waals surface area contributed by atoms with Crippen molar-refractivity contribution in [1.29, 1.82) is 0 Å². The zero-order valence-electron chi connectivity index (χ0n) is 15.2. The highest BCUT2D eigenvalue weighted by molar-refractivity contribution is 6.08. The molecule has 0 unspecified atom stereocenters. The summed E-state index contributed by atoms with van der Waals surface area (Å²) in [5.74, 6) is -1.49. The van der Waals surface area contributed by atoms with Gasteiger partial charge in [0.1, 0.15) is 11.0 Å². The van der Waals surface area contributed by atoms with Crippen molar-refractivity contribution in [2.75, 3.05) is 12.4 Å². The second-order valence-electron chi connectivity index (χ2n) is 6.12. The van der Waals surface area contributed by atoms with Crippen LogP contribution in [0.4, 0.5) is 5.69 Å². The molecule has 3 heterocycles. The quantitative estimate of drug-likeness (QED) is 0.542. The number of fused-ring (bicyclic) bond motifs is 2. The normalized spacial score (nSPS) is 11.1. The van der Waals surface area contributed by atoms with E-state index in [1.165, 1.54) is 17.9 Å². The number of rotatable bonds is 3. The number of aryl methyl sites for hydroxylation is 2. The Kier molecular flexibility index (Phi) is 3.99. The fraction of sp³-hybridized carbons (Fsp3) is 0.158. The lowest BCUT2D eigenvalue weighted by atomic mass is 10.2. The predicted molar refractivity (Wildman–Crippen MR) is 99.5 cm³/mol. The number of benzene rings is 1. The monoisotopic (exact) mass is 381 g/mol. The van der Waals surface area contributed by atoms with Crippen molar-refractivity contribution < 1.29 is 23.2 Å². The summed E-state index contributed by atoms with van der Waals surface area (Å²) in [6, 6.07) is 8.03. The Labute approximate surface area is 157 Å². The third kappa shape index (κ3) is 2.64. The van der Waals surface area contributed by atoms with Crippen LogP contribution in [0.25, 0.3) is 22.1 Å². The maximum atomic E-state index is 12.7. The van der Waals surface area contributed by atoms with Crippen molar-refractivity contribution in [2.24, 2.45) is 7.05 Å². The fourth-order valence-corrected chi connectivity index (χ4v) is 3.02. The number of ether oxygens (including phenoxy) is 1. The topological polar surface area (TPSA) is 117 Å². The molecule has 0 spiro atoms. The van der Waals surface area contributed by atoms with Crippen molar-refractivity contribution in [3.63, 3.8) is 0 Å². The molecule has 4 aromatic rings. The van der Waals surface area contributed by atoms with Gasteiger partial charge in [-0.25, -0.2) is 4.79 Å². The van der Waals surface area contributed by atoms with E-state index < -0.39 is 11.9 Å². The largest absolute Gasteiger partial charge is 0.464 e. The molecule has 0 radical (unpaired) electrons. The number of furan rings is 1. The van der Waals surface area contributed by atoms with Crippen molar-refractivity contribution in [2.45, 2.75) is 6.92 Å². The Balaban J connectivity index is 1.77. The van der Waals surface area contributed by atoms with Gasteiger partial charge in [0.15, 0.2) is 11.5 Å². The Morgan fingerprint density at radius 2 is 1.93 bits per heavy atom. The van der Waals surface area contributed by atoms with Gasteiger partial charge in [-0.3, -0.25) is 14.3 Å². The van der Waals surface area contributed by atoms with Crippen molar-refractivity contribution in [3.05, 3.63) is 57.7 Å². The van der Waals surface area contributed by atoms with E-state index in [0.29, 0.717) is 16.7 Å². The first-order chi connectivity index (χ1) is 13.4. The van der Waals surface area contributed by atoms with E-state index in [1.54, 1.807) is 38.2 Å². The van der Waals surface area contributed by atoms with Crippen LogP contribution in [0.2, 0.25) is 0 Å². The molecule has 9 heteroatoms. The molecule has 1 amide bonds. The van der Waals surface area contributed by atoms with Gasteiger partial charge in [0, 0.05) is 13.1 Å². The SMILES string of the molecule is COC(=O)c1c(NC(=O)c2cc3c(=O)c4ccccc4oc3o2)c(C)nn1C. The highest BCUT2D eigenvalue weighted by Gasteiger charge is 2.25. The van der Waals surface area contributed by atoms with Crippen molar-refractivity contribution in [3.8, 4) is 0 Å². The third-order valence-corrected chi connectivity index (χ3v) is 4.34. The van der Waals surface area contributed by atoms with E-state index in [1.807, 2.05) is 0 Å². The standard InChI is InChI=1S/C19H15N3O6/c1-9-14(15(18(25)26-3)22(2)21-9)20-17(24)13-8-11-16(23)10-6-4-5-7-12(10)27-19(11)28-13/h4-8H,1-3H3,(H,20,24). The lowest BCUT2D eigenvalue weighted by molar-refractivity contribution is 0.0589. The highest BCUT2D eigenvalue weighted by Crippen LogP contribution is 2.25. The van der Waals surface area contributed by atoms with Gasteiger partial charge in [0.2, 0.25) is 5.43 Å². The van der Waals surface area contributed by atoms with E-state index in [9.17, 15) is 14.4 Å². The summed E-state index contributed by atoms with van der Waals surface area (Å²) in [4.78, 5) is 37.3. The van der Waals surface area contributed by atoms with Crippen LogP contribution in [0, 0.1) is 6.92 Å². The number of esters is 1. The molecule has 3 aromatic heterocycles. The average molecular weight is 381 g/mol. The van der Waals surface area contributed by atoms with E-state index in [2.05, 4.69) is 10.4 Å². The first kappa shape index (κ1) is 17.5. The summed E-state index contributed by atoms with van der Waals surface area (Å²) in [7, 11) is 2.79. The molecule has 0 bridgehead atoms. The van der Waals surface area contributed by atoms with Gasteiger partial charge >= 0.3 is 11.7 Å². The Morgan fingerprint density at radius 3 is 2.68 bits per heavy atom. The minimum Gasteiger partial charge on any atom is -0.464 e. The van der Waals surface area contributed by atoms with Gasteiger partial charge in [-0.15, -0.1) is 0 Å². The number of hydrogen-bond donors (Lipinski definition) is 1. The number of anilines is 1. The molecule has 0 aliphatic rings. The van der Waals surface area contributed by atoms with Crippen molar-refractivity contribution >= 4 is 39.7 Å². The predicted octanol–water partition coefficient (Wildman–Crippen LogP) is 2.62. The molecular weight excluding hydrogens is 366 g/mol. The molecule has 0 aliphatic heterocycles. The van der Waals surface area contributed by atoms with Crippen LogP contribution in [0.3, 0.4) is 0 Å². The number of para-hydroxylation sites is 1. The van der Waals surface area contributed by atoms with Crippen LogP contribution in [-0.4, -0.2) is 28.8 Å². The fourth-order valence-electron chi connectivity index (χ4n) is 3.02. The third-order valence-electron chi connectivity index (χ3n) is 4.34. The minimum atomic E-state index is -0.656. The molecule has 1 N–H and O–H groups in total. The summed E-state index contributed by atoms with van der Waals surface area (Å²) < 4.78 is 17.1. The maximum Gasteiger partial charge on any atom is 0.358 e. The van der Waals surface area contributed by atoms with E-state index in [0.717, 1.165) is 0 Å². The molecule has 142 valence electrons. The van der Waals surface area contributed by atoms with Gasteiger partial charge in [0.05, 0.1) is 23.9 Å². The van der Waals surface area contributed by atoms with Crippen molar-refractivity contribution in [1.82, 2.24) is 9.78 Å². The Morgan fingerprint density at radius 1 is 1.18 bits per heavy atom. The second kappa shape index (κ2) is 6.38. The van der Waals surface area contributed by atoms with E-state index in [4.69, 9.17) is 13.6 Å². The molecule has 9 nitrogen and oxygen atoms in total. The number of aromatic nitrogens is 2. The molecular formula is C19H15N3O6. The van der Waals surface area contributed by atoms with Crippen LogP contribution < -0.4 is 10.7 Å². The second-order valence-corrected chi connectivity index (χ2v) is 6.12. The Bertz CT molecular complexity index is 1310. The van der Waals surface area contributed by atoms with Gasteiger partial charge in [-0.1, -0.05) is 12.1 Å². The van der Waals surface area contributed by atoms with E-state index >= 15 is 0 Å². The maximum absolute atomic E-state index is 12.7. The number of nitrogens with one attached hydrogen (secondary N) is 1. The molecule has 0 saturated carbocycles. The smallest absolute Gasteiger partial charge is 0.358 e. The molecule has 0 aliphatic carbocycles. The summed E-state index contributed by atoms with van der Waals surface area (Å²) in [6.45, 7) is 1.64. The summed E-state index contributed by atoms with van der Waals surface area (Å²) in [5, 5.41) is 7.26. The number of carbonyl (C=O) groups excluding carboxylic acids is 2. The number of methoxy groups -OCH3 is 1. The summed E-state index contributed by atoms with van der Waals surface area (Å²) in [6.07, 6.45) is 0. The molecule has 1 aromatic carbocycles. The van der Waals surface area contributed by atoms with Gasteiger partial charge < -0.3 is 18.9 Å². The minimum absolute atomic E-state index is 0.0510. The Hall–Kier alpha value is -3.88. The zero-order chi connectivity index (χ0) is 20.0. The molecule has 4 rings (SSSR count). The number of carbonyl (C=O) groups is 2. The van der Waals surface area contributed by atoms with Gasteiger partial charge in [0.25, 0.3) is 5.91 Å². The number of amides is 1. The van der Waals surface area contributed by atoms with Gasteiger partial charge in [-0.2, -0.15) is 5.10 Å². The molecule has 0 saturated heterocycles. The first-order valence-corrected chi connectivity index (χ1v) is 8.29. The van der Waals surface area contributed by atoms with Crippen LogP contribution in [-0.2, 0) is 11.8 Å². The zero-order valence-corrected chi connectivity index (χ0v) is 15.2.